The van der Waals surface area contributed by atoms with Crippen LogP contribution >= 0.6 is 0 Å². The van der Waals surface area contributed by atoms with E-state index in [-0.39, 0.29) is 28.3 Å². The predicted octanol–water partition coefficient (Wildman–Crippen LogP) is 13.2. The zero-order valence-corrected chi connectivity index (χ0v) is 36.9. The first-order chi connectivity index (χ1) is 27.4. The molecule has 2 atom stereocenters. The van der Waals surface area contributed by atoms with Crippen LogP contribution in [0.1, 0.15) is 175 Å². The number of rotatable bonds is 13. The van der Waals surface area contributed by atoms with E-state index in [1.807, 2.05) is 0 Å². The van der Waals surface area contributed by atoms with Crippen molar-refractivity contribution < 1.29 is 16.5 Å². The van der Waals surface area contributed by atoms with Crippen LogP contribution in [0.3, 0.4) is 0 Å². The molecule has 0 unspecified atom stereocenters. The molecule has 7 rings (SSSR count). The second-order valence-corrected chi connectivity index (χ2v) is 15.5. The third-order valence-electron chi connectivity index (χ3n) is 12.7. The molecule has 0 fully saturated rings. The van der Waals surface area contributed by atoms with Gasteiger partial charge < -0.3 is 9.97 Å². The Morgan fingerprint density at radius 3 is 1.67 bits per heavy atom. The zero-order chi connectivity index (χ0) is 39.5. The Bertz CT molecular complexity index is 2270. The zero-order valence-electron chi connectivity index (χ0n) is 35.9. The molecule has 5 heterocycles. The molecule has 3 aliphatic rings. The molecule has 2 aromatic carbocycles. The number of aromatic nitrogens is 2. The third-order valence-corrected chi connectivity index (χ3v) is 12.7. The van der Waals surface area contributed by atoms with Crippen LogP contribution in [0.25, 0.3) is 11.6 Å². The molecule has 0 radical (unpaired) electrons. The molecule has 0 aliphatic carbocycles. The van der Waals surface area contributed by atoms with E-state index in [2.05, 4.69) is 129 Å². The fraction of sp³-hybridized carbons (Fsp3) is 0.423. The average Bonchev–Trinajstić information content (AvgIpc) is 3.98. The Balaban J connectivity index is 0.00000549. The van der Waals surface area contributed by atoms with Gasteiger partial charge in [-0.15, -0.1) is 11.4 Å². The van der Waals surface area contributed by atoms with E-state index in [0.29, 0.717) is 0 Å². The van der Waals surface area contributed by atoms with E-state index in [4.69, 9.17) is 20.0 Å². The van der Waals surface area contributed by atoms with E-state index in [1.54, 1.807) is 0 Å². The summed E-state index contributed by atoms with van der Waals surface area (Å²) in [6, 6.07) is 22.0. The minimum atomic E-state index is -0.101. The minimum absolute atomic E-state index is 0. The Labute approximate surface area is 353 Å². The summed E-state index contributed by atoms with van der Waals surface area (Å²) >= 11 is 0. The summed E-state index contributed by atoms with van der Waals surface area (Å²) in [5, 5.41) is 0. The second-order valence-electron chi connectivity index (χ2n) is 15.5. The Morgan fingerprint density at radius 2 is 1.09 bits per heavy atom. The second kappa shape index (κ2) is 18.6. The van der Waals surface area contributed by atoms with E-state index in [0.717, 1.165) is 105 Å². The first-order valence-electron chi connectivity index (χ1n) is 22.0. The van der Waals surface area contributed by atoms with E-state index < -0.39 is 0 Å². The van der Waals surface area contributed by atoms with Gasteiger partial charge in [-0.3, -0.25) is 9.98 Å². The standard InChI is InChI=1S/C52H62N4.Ni/c1-10-19-30-42-47-36(13-4)34(11-2)43(53-47)31-44-35(12-3)37(14-5)49(54-44)45(32-26-22-20-23-27-32)51-40(17-8)41(18-9)52(56-51)46(33-28-24-21-25-29-33)50-39(16-7)38(15-6)48(42)55-50;/h20-29,31,42,45H,10-19,30H2,1-9H3;/q-2;+2/b44-31-,52-46-;/t42-,45+;/m1./s1. The number of benzene rings is 2. The molecular weight excluding hydrogens is 739 g/mol. The number of aliphatic imine (C=N–C) groups is 2. The third kappa shape index (κ3) is 7.39. The monoisotopic (exact) mass is 800 g/mol. The van der Waals surface area contributed by atoms with Gasteiger partial charge in [0, 0.05) is 0 Å². The van der Waals surface area contributed by atoms with Crippen molar-refractivity contribution in [3.8, 4) is 0 Å². The molecule has 4 nitrogen and oxygen atoms in total. The van der Waals surface area contributed by atoms with Crippen LogP contribution in [0, 0.1) is 0 Å². The summed E-state index contributed by atoms with van der Waals surface area (Å²) in [5.41, 5.74) is 23.7. The summed E-state index contributed by atoms with van der Waals surface area (Å²) < 4.78 is 0. The van der Waals surface area contributed by atoms with Crippen LogP contribution < -0.4 is 9.97 Å². The van der Waals surface area contributed by atoms with Gasteiger partial charge in [0.25, 0.3) is 0 Å². The van der Waals surface area contributed by atoms with Gasteiger partial charge >= 0.3 is 16.5 Å². The number of unbranched alkanes of at least 4 members (excludes halogenated alkanes) is 1. The molecule has 0 saturated carbocycles. The van der Waals surface area contributed by atoms with Crippen LogP contribution in [0.2, 0.25) is 0 Å². The molecule has 5 heteroatoms. The molecule has 3 aliphatic heterocycles. The molecule has 57 heavy (non-hydrogen) atoms. The SMILES string of the molecule is CCCC[C@@H]1c2[n-]c(c(CC)c2CC)/C=C2\N=C(C(CC)=C2CC)[C@H](c2ccccc2)C2=N/C(=C(/c3ccccc3)c3[n-]c1c(CC)c3CC)C(CC)=C2CC.[Ni+2]. The Morgan fingerprint density at radius 1 is 0.544 bits per heavy atom. The summed E-state index contributed by atoms with van der Waals surface area (Å²) in [6.45, 7) is 20.8. The Hall–Kier alpha value is -4.21. The molecule has 4 aromatic rings. The van der Waals surface area contributed by atoms with Crippen molar-refractivity contribution in [2.24, 2.45) is 9.98 Å². The number of hydrogen-bond donors (Lipinski definition) is 0. The minimum Gasteiger partial charge on any atom is -0.660 e. The van der Waals surface area contributed by atoms with Gasteiger partial charge in [-0.05, 0) is 103 Å². The van der Waals surface area contributed by atoms with Crippen molar-refractivity contribution in [3.63, 3.8) is 0 Å². The number of hydrogen-bond acceptors (Lipinski definition) is 2. The summed E-state index contributed by atoms with van der Waals surface area (Å²) in [5.74, 6) is 0.0230. The molecular formula is C52H62N4Ni. The van der Waals surface area contributed by atoms with E-state index in [9.17, 15) is 0 Å². The van der Waals surface area contributed by atoms with Crippen LogP contribution in [0.15, 0.2) is 104 Å². The maximum absolute atomic E-state index is 5.92. The summed E-state index contributed by atoms with van der Waals surface area (Å²) in [4.78, 5) is 23.3. The van der Waals surface area contributed by atoms with E-state index in [1.165, 1.54) is 72.6 Å². The van der Waals surface area contributed by atoms with Gasteiger partial charge in [-0.1, -0.05) is 164 Å². The van der Waals surface area contributed by atoms with Gasteiger partial charge in [0.1, 0.15) is 0 Å². The fourth-order valence-electron chi connectivity index (χ4n) is 10.1. The van der Waals surface area contributed by atoms with Crippen molar-refractivity contribution >= 4 is 23.1 Å². The summed E-state index contributed by atoms with van der Waals surface area (Å²) in [7, 11) is 0. The maximum Gasteiger partial charge on any atom is 2.00 e. The topological polar surface area (TPSA) is 52.9 Å². The molecule has 0 spiro atoms. The Kier molecular flexibility index (Phi) is 13.8. The van der Waals surface area contributed by atoms with Crippen LogP contribution in [0.4, 0.5) is 0 Å². The quantitative estimate of drug-likeness (QED) is 0.126. The summed E-state index contributed by atoms with van der Waals surface area (Å²) in [6.07, 6.45) is 13.0. The van der Waals surface area contributed by atoms with Crippen LogP contribution in [0.5, 0.6) is 0 Å². The van der Waals surface area contributed by atoms with Gasteiger partial charge in [-0.25, -0.2) is 0 Å². The van der Waals surface area contributed by atoms with Gasteiger partial charge in [0.05, 0.1) is 28.7 Å². The molecule has 0 saturated heterocycles. The van der Waals surface area contributed by atoms with Gasteiger partial charge in [0.15, 0.2) is 0 Å². The van der Waals surface area contributed by atoms with Crippen LogP contribution in [-0.4, -0.2) is 11.4 Å². The first-order valence-corrected chi connectivity index (χ1v) is 22.0. The molecule has 0 amide bonds. The van der Waals surface area contributed by atoms with Crippen molar-refractivity contribution in [2.45, 2.75) is 145 Å². The molecule has 0 N–H and O–H groups in total. The van der Waals surface area contributed by atoms with Gasteiger partial charge in [0.2, 0.25) is 0 Å². The molecule has 8 bridgehead atoms. The number of nitrogens with zero attached hydrogens (tertiary/aromatic N) is 4. The first kappa shape index (κ1) is 42.4. The maximum atomic E-state index is 5.92. The van der Waals surface area contributed by atoms with Crippen molar-refractivity contribution in [3.05, 3.63) is 151 Å². The van der Waals surface area contributed by atoms with Crippen molar-refractivity contribution in [1.82, 2.24) is 9.97 Å². The van der Waals surface area contributed by atoms with E-state index >= 15 is 0 Å². The van der Waals surface area contributed by atoms with Gasteiger partial charge in [-0.2, -0.15) is 11.4 Å². The molecule has 2 aromatic heterocycles. The molecule has 300 valence electrons. The smallest absolute Gasteiger partial charge is 0.660 e. The van der Waals surface area contributed by atoms with Crippen molar-refractivity contribution in [1.29, 1.82) is 0 Å². The number of allylic oxidation sites excluding steroid dienone is 4. The predicted molar refractivity (Wildman–Crippen MR) is 238 cm³/mol. The average molecular weight is 802 g/mol. The van der Waals surface area contributed by atoms with Crippen molar-refractivity contribution in [2.75, 3.05) is 0 Å². The van der Waals surface area contributed by atoms with Crippen LogP contribution in [-0.2, 0) is 42.2 Å². The number of fused-ring (bicyclic) bond motifs is 6. The largest absolute Gasteiger partial charge is 2.00 e. The normalized spacial score (nSPS) is 20.1. The fourth-order valence-corrected chi connectivity index (χ4v) is 10.1.